The molecule has 2 aromatic heterocycles. The van der Waals surface area contributed by atoms with E-state index in [1.807, 2.05) is 0 Å². The Kier molecular flexibility index (Phi) is 6.90. The van der Waals surface area contributed by atoms with Crippen LogP contribution in [0.25, 0.3) is 11.3 Å². The van der Waals surface area contributed by atoms with Crippen molar-refractivity contribution in [2.45, 2.75) is 40.0 Å². The average molecular weight is 491 g/mol. The van der Waals surface area contributed by atoms with Crippen molar-refractivity contribution in [1.29, 1.82) is 5.26 Å². The van der Waals surface area contributed by atoms with Crippen molar-refractivity contribution in [1.82, 2.24) is 0 Å². The number of ether oxygens (including phenoxy) is 1. The maximum atomic E-state index is 12.5. The summed E-state index contributed by atoms with van der Waals surface area (Å²) in [4.78, 5) is 36.8. The van der Waals surface area contributed by atoms with Crippen LogP contribution in [0.15, 0.2) is 40.8 Å². The van der Waals surface area contributed by atoms with Crippen LogP contribution in [0.3, 0.4) is 0 Å². The van der Waals surface area contributed by atoms with Crippen LogP contribution in [0, 0.1) is 22.7 Å². The summed E-state index contributed by atoms with van der Waals surface area (Å²) in [5.74, 6) is 0.117. The van der Waals surface area contributed by atoms with Gasteiger partial charge in [0, 0.05) is 10.4 Å². The smallest absolute Gasteiger partial charge is 0.338 e. The molecule has 0 fully saturated rings. The first-order valence-corrected chi connectivity index (χ1v) is 12.2. The normalized spacial score (nSPS) is 15.1. The molecule has 0 saturated heterocycles. The predicted molar refractivity (Wildman–Crippen MR) is 132 cm³/mol. The number of carbonyl (C=O) groups is 3. The van der Waals surface area contributed by atoms with E-state index in [0.29, 0.717) is 34.1 Å². The molecule has 1 N–H and O–H groups in total. The van der Waals surface area contributed by atoms with Gasteiger partial charge in [0.2, 0.25) is 0 Å². The highest BCUT2D eigenvalue weighted by atomic mass is 32.1. The van der Waals surface area contributed by atoms with Crippen molar-refractivity contribution in [2.24, 2.45) is 11.3 Å². The average Bonchev–Trinajstić information content (AvgIpc) is 3.45. The zero-order chi connectivity index (χ0) is 25.2. The number of nitriles is 1. The van der Waals surface area contributed by atoms with Crippen LogP contribution in [0.2, 0.25) is 0 Å². The van der Waals surface area contributed by atoms with Crippen LogP contribution >= 0.6 is 11.3 Å². The summed E-state index contributed by atoms with van der Waals surface area (Å²) in [6, 6.07) is 11.9. The number of hydrogen-bond acceptors (Lipinski definition) is 7. The summed E-state index contributed by atoms with van der Waals surface area (Å²) in [5.41, 5.74) is 2.71. The lowest BCUT2D eigenvalue weighted by Crippen LogP contribution is -2.26. The second kappa shape index (κ2) is 9.88. The zero-order valence-electron chi connectivity index (χ0n) is 19.8. The predicted octanol–water partition coefficient (Wildman–Crippen LogP) is 5.64. The molecule has 2 heterocycles. The number of rotatable bonds is 6. The molecular formula is C27H26N2O5S. The highest BCUT2D eigenvalue weighted by Gasteiger charge is 2.32. The molecule has 180 valence electrons. The lowest BCUT2D eigenvalue weighted by atomic mass is 9.72. The lowest BCUT2D eigenvalue weighted by Gasteiger charge is -2.33. The van der Waals surface area contributed by atoms with Gasteiger partial charge in [-0.2, -0.15) is 5.26 Å². The summed E-state index contributed by atoms with van der Waals surface area (Å²) in [6.07, 6.45) is 3.36. The number of fused-ring (bicyclic) bond motifs is 1. The molecule has 0 saturated carbocycles. The minimum Gasteiger partial charge on any atom is -0.453 e. The van der Waals surface area contributed by atoms with Gasteiger partial charge in [0.1, 0.15) is 16.8 Å². The first kappa shape index (κ1) is 24.4. The number of furan rings is 1. The SMILES string of the molecule is CC(C)(C)[C@H]1CCc2c(sc(NC(=O)COC(=O)c3ccc(-c4ccc(C=O)o4)cc3)c2C#N)C1. The number of carbonyl (C=O) groups excluding carboxylic acids is 3. The maximum absolute atomic E-state index is 12.5. The Morgan fingerprint density at radius 3 is 2.60 bits per heavy atom. The van der Waals surface area contributed by atoms with Gasteiger partial charge in [-0.25, -0.2) is 4.79 Å². The van der Waals surface area contributed by atoms with E-state index in [0.717, 1.165) is 29.7 Å². The van der Waals surface area contributed by atoms with Gasteiger partial charge in [-0.3, -0.25) is 9.59 Å². The highest BCUT2D eigenvalue weighted by Crippen LogP contribution is 2.44. The van der Waals surface area contributed by atoms with Gasteiger partial charge in [0.05, 0.1) is 11.1 Å². The summed E-state index contributed by atoms with van der Waals surface area (Å²) < 4.78 is 10.5. The van der Waals surface area contributed by atoms with Gasteiger partial charge < -0.3 is 14.5 Å². The molecule has 0 radical (unpaired) electrons. The molecule has 1 aromatic carbocycles. The monoisotopic (exact) mass is 490 g/mol. The molecule has 0 spiro atoms. The van der Waals surface area contributed by atoms with E-state index < -0.39 is 18.5 Å². The van der Waals surface area contributed by atoms with Crippen LogP contribution in [-0.2, 0) is 22.4 Å². The first-order valence-electron chi connectivity index (χ1n) is 11.4. The molecule has 0 aliphatic heterocycles. The Balaban J connectivity index is 1.36. The third kappa shape index (κ3) is 5.36. The third-order valence-electron chi connectivity index (χ3n) is 6.34. The van der Waals surface area contributed by atoms with Crippen LogP contribution < -0.4 is 5.32 Å². The van der Waals surface area contributed by atoms with Gasteiger partial charge in [-0.05, 0) is 60.4 Å². The van der Waals surface area contributed by atoms with Gasteiger partial charge in [0.15, 0.2) is 18.7 Å². The number of thiophene rings is 1. The zero-order valence-corrected chi connectivity index (χ0v) is 20.7. The fraction of sp³-hybridized carbons (Fsp3) is 0.333. The summed E-state index contributed by atoms with van der Waals surface area (Å²) in [7, 11) is 0. The van der Waals surface area contributed by atoms with E-state index in [9.17, 15) is 19.6 Å². The van der Waals surface area contributed by atoms with Crippen LogP contribution in [0.1, 0.15) is 64.1 Å². The Labute approximate surface area is 207 Å². The number of nitrogens with one attached hydrogen (secondary N) is 1. The number of hydrogen-bond donors (Lipinski definition) is 1. The number of aldehydes is 1. The molecule has 1 aliphatic carbocycles. The number of anilines is 1. The summed E-state index contributed by atoms with van der Waals surface area (Å²) in [5, 5.41) is 13.0. The van der Waals surface area contributed by atoms with Gasteiger partial charge in [0.25, 0.3) is 5.91 Å². The van der Waals surface area contributed by atoms with E-state index in [-0.39, 0.29) is 16.7 Å². The minimum atomic E-state index is -0.640. The molecule has 35 heavy (non-hydrogen) atoms. The lowest BCUT2D eigenvalue weighted by molar-refractivity contribution is -0.119. The summed E-state index contributed by atoms with van der Waals surface area (Å²) >= 11 is 1.44. The maximum Gasteiger partial charge on any atom is 0.338 e. The van der Waals surface area contributed by atoms with Crippen molar-refractivity contribution in [3.63, 3.8) is 0 Å². The van der Waals surface area contributed by atoms with Crippen molar-refractivity contribution in [2.75, 3.05) is 11.9 Å². The number of amides is 1. The molecule has 7 nitrogen and oxygen atoms in total. The minimum absolute atomic E-state index is 0.181. The molecule has 0 bridgehead atoms. The molecule has 4 rings (SSSR count). The standard InChI is InChI=1S/C27H26N2O5S/c1-27(2,3)18-8-10-20-21(13-28)25(35-23(20)12-18)29-24(31)15-33-26(32)17-6-4-16(5-7-17)22-11-9-19(14-30)34-22/h4-7,9,11,14,18H,8,10,12,15H2,1-3H3,(H,29,31)/t18-/m0/s1. The molecule has 1 amide bonds. The molecular weight excluding hydrogens is 464 g/mol. The second-order valence-corrected chi connectivity index (χ2v) is 10.8. The van der Waals surface area contributed by atoms with Crippen molar-refractivity contribution < 1.29 is 23.5 Å². The number of nitrogens with zero attached hydrogens (tertiary/aromatic N) is 1. The second-order valence-electron chi connectivity index (χ2n) is 9.65. The van der Waals surface area contributed by atoms with Gasteiger partial charge in [-0.15, -0.1) is 11.3 Å². The van der Waals surface area contributed by atoms with E-state index in [1.54, 1.807) is 36.4 Å². The Bertz CT molecular complexity index is 1300. The highest BCUT2D eigenvalue weighted by molar-refractivity contribution is 7.16. The molecule has 0 unspecified atom stereocenters. The van der Waals surface area contributed by atoms with Crippen LogP contribution in [-0.4, -0.2) is 24.8 Å². The molecule has 1 aliphatic rings. The number of esters is 1. The fourth-order valence-corrected chi connectivity index (χ4v) is 5.54. The molecule has 1 atom stereocenters. The molecule has 3 aromatic rings. The van der Waals surface area contributed by atoms with Crippen molar-refractivity contribution >= 4 is 34.5 Å². The van der Waals surface area contributed by atoms with Gasteiger partial charge in [-0.1, -0.05) is 32.9 Å². The molecule has 8 heteroatoms. The number of benzene rings is 1. The van der Waals surface area contributed by atoms with Crippen molar-refractivity contribution in [3.05, 3.63) is 63.7 Å². The Morgan fingerprint density at radius 1 is 1.23 bits per heavy atom. The van der Waals surface area contributed by atoms with Gasteiger partial charge >= 0.3 is 5.97 Å². The Morgan fingerprint density at radius 2 is 1.97 bits per heavy atom. The van der Waals surface area contributed by atoms with Crippen molar-refractivity contribution in [3.8, 4) is 17.4 Å². The first-order chi connectivity index (χ1) is 16.7. The van der Waals surface area contributed by atoms with E-state index in [2.05, 4.69) is 32.2 Å². The van der Waals surface area contributed by atoms with E-state index in [1.165, 1.54) is 11.3 Å². The fourth-order valence-electron chi connectivity index (χ4n) is 4.25. The van der Waals surface area contributed by atoms with Crippen LogP contribution in [0.4, 0.5) is 5.00 Å². The summed E-state index contributed by atoms with van der Waals surface area (Å²) in [6.45, 7) is 6.23. The Hall–Kier alpha value is -3.70. The topological polar surface area (TPSA) is 109 Å². The van der Waals surface area contributed by atoms with E-state index >= 15 is 0 Å². The largest absolute Gasteiger partial charge is 0.453 e. The van der Waals surface area contributed by atoms with Crippen LogP contribution in [0.5, 0.6) is 0 Å². The van der Waals surface area contributed by atoms with E-state index in [4.69, 9.17) is 9.15 Å². The third-order valence-corrected chi connectivity index (χ3v) is 7.51. The quantitative estimate of drug-likeness (QED) is 0.354.